The normalized spacial score (nSPS) is 11.6. The van der Waals surface area contributed by atoms with Gasteiger partial charge in [-0.25, -0.2) is 4.79 Å². The van der Waals surface area contributed by atoms with Crippen LogP contribution >= 0.6 is 0 Å². The summed E-state index contributed by atoms with van der Waals surface area (Å²) in [6.07, 6.45) is 0.929. The van der Waals surface area contributed by atoms with Crippen molar-refractivity contribution < 1.29 is 23.8 Å². The molecule has 1 atom stereocenters. The van der Waals surface area contributed by atoms with Crippen LogP contribution in [-0.4, -0.2) is 38.3 Å². The lowest BCUT2D eigenvalue weighted by Crippen LogP contribution is -2.27. The van der Waals surface area contributed by atoms with Crippen molar-refractivity contribution >= 4 is 17.6 Å². The van der Waals surface area contributed by atoms with Crippen LogP contribution in [0.2, 0.25) is 0 Å². The van der Waals surface area contributed by atoms with Crippen molar-refractivity contribution in [3.05, 3.63) is 59.2 Å². The van der Waals surface area contributed by atoms with Gasteiger partial charge in [0.05, 0.1) is 6.61 Å². The molecular formula is C23H29NO5. The molecule has 0 fully saturated rings. The molecule has 0 heterocycles. The molecule has 0 radical (unpaired) electrons. The van der Waals surface area contributed by atoms with Gasteiger partial charge in [0.25, 0.3) is 5.91 Å². The number of para-hydroxylation sites is 1. The molecule has 0 unspecified atom stereocenters. The molecule has 2 rings (SSSR count). The Morgan fingerprint density at radius 1 is 0.966 bits per heavy atom. The van der Waals surface area contributed by atoms with Gasteiger partial charge in [-0.2, -0.15) is 0 Å². The van der Waals surface area contributed by atoms with E-state index in [0.717, 1.165) is 29.7 Å². The molecule has 1 N–H and O–H groups in total. The van der Waals surface area contributed by atoms with Gasteiger partial charge in [0, 0.05) is 18.4 Å². The van der Waals surface area contributed by atoms with Crippen molar-refractivity contribution in [3.8, 4) is 5.75 Å². The predicted octanol–water partition coefficient (Wildman–Crippen LogP) is 4.02. The third kappa shape index (κ3) is 6.32. The van der Waals surface area contributed by atoms with Gasteiger partial charge in [-0.3, -0.25) is 4.79 Å². The second kappa shape index (κ2) is 11.2. The minimum Gasteiger partial charge on any atom is -0.479 e. The number of rotatable bonds is 10. The van der Waals surface area contributed by atoms with Gasteiger partial charge < -0.3 is 19.5 Å². The number of nitrogens with one attached hydrogen (secondary N) is 1. The Balaban J connectivity index is 2.01. The maximum atomic E-state index is 12.7. The van der Waals surface area contributed by atoms with Gasteiger partial charge in [0.1, 0.15) is 12.4 Å². The molecule has 0 saturated carbocycles. The number of benzene rings is 2. The molecule has 0 spiro atoms. The molecule has 0 aliphatic carbocycles. The monoisotopic (exact) mass is 399 g/mol. The SMILES string of the molecule is CCc1cccc(CC)c1NC(=O)c1ccc(O[C@@H](C)C(=O)OCCOC)cc1. The van der Waals surface area contributed by atoms with E-state index in [1.165, 1.54) is 7.11 Å². The van der Waals surface area contributed by atoms with Gasteiger partial charge >= 0.3 is 5.97 Å². The first kappa shape index (κ1) is 22.4. The number of ether oxygens (including phenoxy) is 3. The fourth-order valence-electron chi connectivity index (χ4n) is 2.87. The maximum absolute atomic E-state index is 12.7. The van der Waals surface area contributed by atoms with E-state index in [-0.39, 0.29) is 12.5 Å². The lowest BCUT2D eigenvalue weighted by atomic mass is 10.0. The number of carbonyl (C=O) groups is 2. The first-order valence-corrected chi connectivity index (χ1v) is 9.84. The number of amides is 1. The van der Waals surface area contributed by atoms with E-state index in [1.54, 1.807) is 31.2 Å². The first-order chi connectivity index (χ1) is 14.0. The van der Waals surface area contributed by atoms with Crippen LogP contribution in [0.4, 0.5) is 5.69 Å². The summed E-state index contributed by atoms with van der Waals surface area (Å²) in [5, 5.41) is 3.04. The third-order valence-electron chi connectivity index (χ3n) is 4.53. The maximum Gasteiger partial charge on any atom is 0.347 e. The van der Waals surface area contributed by atoms with Crippen LogP contribution in [-0.2, 0) is 27.1 Å². The molecule has 0 aliphatic heterocycles. The highest BCUT2D eigenvalue weighted by atomic mass is 16.6. The molecule has 2 aromatic rings. The van der Waals surface area contributed by atoms with Crippen molar-refractivity contribution in [1.29, 1.82) is 0 Å². The fourth-order valence-corrected chi connectivity index (χ4v) is 2.87. The molecule has 0 aromatic heterocycles. The number of carbonyl (C=O) groups excluding carboxylic acids is 2. The zero-order chi connectivity index (χ0) is 21.2. The quantitative estimate of drug-likeness (QED) is 0.482. The molecule has 0 saturated heterocycles. The second-order valence-electron chi connectivity index (χ2n) is 6.56. The second-order valence-corrected chi connectivity index (χ2v) is 6.56. The van der Waals surface area contributed by atoms with Gasteiger partial charge in [0.2, 0.25) is 0 Å². The Morgan fingerprint density at radius 3 is 2.14 bits per heavy atom. The van der Waals surface area contributed by atoms with Gasteiger partial charge in [-0.1, -0.05) is 32.0 Å². The van der Waals surface area contributed by atoms with Crippen LogP contribution < -0.4 is 10.1 Å². The summed E-state index contributed by atoms with van der Waals surface area (Å²) in [6.45, 7) is 6.27. The molecule has 156 valence electrons. The number of aryl methyl sites for hydroxylation is 2. The summed E-state index contributed by atoms with van der Waals surface area (Å²) >= 11 is 0. The first-order valence-electron chi connectivity index (χ1n) is 9.84. The third-order valence-corrected chi connectivity index (χ3v) is 4.53. The zero-order valence-corrected chi connectivity index (χ0v) is 17.5. The lowest BCUT2D eigenvalue weighted by Gasteiger charge is -2.15. The Morgan fingerprint density at radius 2 is 1.59 bits per heavy atom. The molecule has 2 aromatic carbocycles. The van der Waals surface area contributed by atoms with Crippen LogP contribution in [0.3, 0.4) is 0 Å². The van der Waals surface area contributed by atoms with Crippen molar-refractivity contribution in [3.63, 3.8) is 0 Å². The number of anilines is 1. The fraction of sp³-hybridized carbons (Fsp3) is 0.391. The highest BCUT2D eigenvalue weighted by molar-refractivity contribution is 6.05. The summed E-state index contributed by atoms with van der Waals surface area (Å²) in [4.78, 5) is 24.6. The van der Waals surface area contributed by atoms with Gasteiger partial charge in [-0.05, 0) is 55.2 Å². The van der Waals surface area contributed by atoms with E-state index in [0.29, 0.717) is 17.9 Å². The number of hydrogen-bond donors (Lipinski definition) is 1. The van der Waals surface area contributed by atoms with Crippen LogP contribution in [0.15, 0.2) is 42.5 Å². The standard InChI is InChI=1S/C23H29NO5/c1-5-17-8-7-9-18(6-2)21(17)24-22(25)19-10-12-20(13-11-19)29-16(3)23(26)28-15-14-27-4/h7-13,16H,5-6,14-15H2,1-4H3,(H,24,25)/t16-/m0/s1. The average Bonchev–Trinajstić information content (AvgIpc) is 2.74. The van der Waals surface area contributed by atoms with E-state index in [9.17, 15) is 9.59 Å². The Bertz CT molecular complexity index is 794. The Hall–Kier alpha value is -2.86. The molecule has 1 amide bonds. The van der Waals surface area contributed by atoms with Crippen molar-refractivity contribution in [2.45, 2.75) is 39.7 Å². The summed E-state index contributed by atoms with van der Waals surface area (Å²) in [6, 6.07) is 12.8. The summed E-state index contributed by atoms with van der Waals surface area (Å²) < 4.78 is 15.5. The summed E-state index contributed by atoms with van der Waals surface area (Å²) in [5.74, 6) is -0.160. The summed E-state index contributed by atoms with van der Waals surface area (Å²) in [5.41, 5.74) is 3.62. The number of methoxy groups -OCH3 is 1. The molecule has 0 aliphatic rings. The van der Waals surface area contributed by atoms with Crippen LogP contribution in [0.25, 0.3) is 0 Å². The molecule has 6 heteroatoms. The highest BCUT2D eigenvalue weighted by Crippen LogP contribution is 2.24. The zero-order valence-electron chi connectivity index (χ0n) is 17.5. The van der Waals surface area contributed by atoms with Crippen molar-refractivity contribution in [1.82, 2.24) is 0 Å². The Kier molecular flexibility index (Phi) is 8.68. The Labute approximate surface area is 172 Å². The lowest BCUT2D eigenvalue weighted by molar-refractivity contribution is -0.152. The van der Waals surface area contributed by atoms with Crippen LogP contribution in [0.1, 0.15) is 42.3 Å². The van der Waals surface area contributed by atoms with Crippen molar-refractivity contribution in [2.24, 2.45) is 0 Å². The number of hydrogen-bond acceptors (Lipinski definition) is 5. The van der Waals surface area contributed by atoms with Gasteiger partial charge in [-0.15, -0.1) is 0 Å². The minimum atomic E-state index is -0.755. The average molecular weight is 399 g/mol. The molecule has 0 bridgehead atoms. The largest absolute Gasteiger partial charge is 0.479 e. The molecule has 29 heavy (non-hydrogen) atoms. The summed E-state index contributed by atoms with van der Waals surface area (Å²) in [7, 11) is 1.54. The van der Waals surface area contributed by atoms with Gasteiger partial charge in [0.15, 0.2) is 6.10 Å². The molecular weight excluding hydrogens is 370 g/mol. The topological polar surface area (TPSA) is 73.9 Å². The van der Waals surface area contributed by atoms with Crippen LogP contribution in [0, 0.1) is 0 Å². The highest BCUT2D eigenvalue weighted by Gasteiger charge is 2.17. The van der Waals surface area contributed by atoms with E-state index in [2.05, 4.69) is 19.2 Å². The number of esters is 1. The molecule has 6 nitrogen and oxygen atoms in total. The van der Waals surface area contributed by atoms with E-state index >= 15 is 0 Å². The van der Waals surface area contributed by atoms with E-state index in [1.807, 2.05) is 18.2 Å². The predicted molar refractivity (Wildman–Crippen MR) is 113 cm³/mol. The smallest absolute Gasteiger partial charge is 0.347 e. The van der Waals surface area contributed by atoms with Crippen LogP contribution in [0.5, 0.6) is 5.75 Å². The van der Waals surface area contributed by atoms with E-state index < -0.39 is 12.1 Å². The van der Waals surface area contributed by atoms with Crippen molar-refractivity contribution in [2.75, 3.05) is 25.6 Å². The van der Waals surface area contributed by atoms with E-state index in [4.69, 9.17) is 14.2 Å². The minimum absolute atomic E-state index is 0.181.